The predicted molar refractivity (Wildman–Crippen MR) is 68.0 cm³/mol. The first-order valence-electron chi connectivity index (χ1n) is 6.88. The van der Waals surface area contributed by atoms with Crippen LogP contribution in [0.3, 0.4) is 0 Å². The molecule has 2 atom stereocenters. The Labute approximate surface area is 105 Å². The maximum absolute atomic E-state index is 9.53. The summed E-state index contributed by atoms with van der Waals surface area (Å²) in [5, 5.41) is 19.1. The fourth-order valence-electron chi connectivity index (χ4n) is 2.35. The van der Waals surface area contributed by atoms with Crippen molar-refractivity contribution in [1.29, 1.82) is 0 Å². The lowest BCUT2D eigenvalue weighted by Gasteiger charge is -2.33. The Hall–Kier alpha value is -0.160. The number of ether oxygens (including phenoxy) is 1. The highest BCUT2D eigenvalue weighted by molar-refractivity contribution is 4.77. The molecule has 1 aliphatic rings. The van der Waals surface area contributed by atoms with Gasteiger partial charge in [0.05, 0.1) is 12.2 Å². The Morgan fingerprint density at radius 2 is 1.71 bits per heavy atom. The van der Waals surface area contributed by atoms with Crippen LogP contribution in [-0.4, -0.2) is 60.2 Å². The maximum Gasteiger partial charge on any atom is 0.0692 e. The minimum Gasteiger partial charge on any atom is -0.392 e. The van der Waals surface area contributed by atoms with E-state index < -0.39 is 0 Å². The molecular weight excluding hydrogens is 218 g/mol. The molecule has 1 heterocycles. The molecule has 0 unspecified atom stereocenters. The zero-order valence-corrected chi connectivity index (χ0v) is 11.0. The first kappa shape index (κ1) is 14.9. The second-order valence-electron chi connectivity index (χ2n) is 4.91. The molecule has 0 aliphatic carbocycles. The molecule has 2 N–H and O–H groups in total. The molecule has 0 radical (unpaired) electrons. The lowest BCUT2D eigenvalue weighted by Crippen LogP contribution is -2.45. The number of hydrogen-bond donors (Lipinski definition) is 2. The van der Waals surface area contributed by atoms with Crippen molar-refractivity contribution in [2.24, 2.45) is 0 Å². The molecule has 1 saturated heterocycles. The third-order valence-corrected chi connectivity index (χ3v) is 3.20. The van der Waals surface area contributed by atoms with Gasteiger partial charge >= 0.3 is 0 Å². The minimum absolute atomic E-state index is 0.350. The highest BCUT2D eigenvalue weighted by atomic mass is 16.5. The molecular formula is C13H27NO3. The molecule has 0 spiro atoms. The Balaban J connectivity index is 1.95. The summed E-state index contributed by atoms with van der Waals surface area (Å²) in [6, 6.07) is 0. The van der Waals surface area contributed by atoms with Crippen LogP contribution in [0.5, 0.6) is 0 Å². The fourth-order valence-corrected chi connectivity index (χ4v) is 2.35. The van der Waals surface area contributed by atoms with E-state index in [1.807, 2.05) is 6.92 Å². The van der Waals surface area contributed by atoms with E-state index in [2.05, 4.69) is 4.90 Å². The van der Waals surface area contributed by atoms with Gasteiger partial charge in [0.25, 0.3) is 0 Å². The quantitative estimate of drug-likeness (QED) is 0.627. The average Bonchev–Trinajstić information content (AvgIpc) is 2.26. The van der Waals surface area contributed by atoms with Crippen molar-refractivity contribution in [3.05, 3.63) is 0 Å². The van der Waals surface area contributed by atoms with Crippen LogP contribution in [-0.2, 0) is 4.74 Å². The molecule has 1 aliphatic heterocycles. The number of β-amino-alcohol motifs (C(OH)–C–C–N with tert-alkyl or cyclic N) is 2. The van der Waals surface area contributed by atoms with Gasteiger partial charge in [-0.05, 0) is 26.3 Å². The number of aliphatic hydroxyl groups excluding tert-OH is 2. The van der Waals surface area contributed by atoms with E-state index in [0.717, 1.165) is 45.7 Å². The highest BCUT2D eigenvalue weighted by Gasteiger charge is 2.23. The van der Waals surface area contributed by atoms with Gasteiger partial charge in [-0.2, -0.15) is 0 Å². The third kappa shape index (κ3) is 6.99. The smallest absolute Gasteiger partial charge is 0.0692 e. The molecule has 0 saturated carbocycles. The molecule has 102 valence electrons. The van der Waals surface area contributed by atoms with E-state index in [0.29, 0.717) is 6.42 Å². The van der Waals surface area contributed by atoms with E-state index >= 15 is 0 Å². The molecule has 1 rings (SSSR count). The van der Waals surface area contributed by atoms with E-state index in [1.165, 1.54) is 12.8 Å². The summed E-state index contributed by atoms with van der Waals surface area (Å²) in [6.07, 6.45) is 4.53. The van der Waals surface area contributed by atoms with Crippen LogP contribution in [0.2, 0.25) is 0 Å². The predicted octanol–water partition coefficient (Wildman–Crippen LogP) is 1.01. The molecule has 0 amide bonds. The van der Waals surface area contributed by atoms with Gasteiger partial charge in [-0.25, -0.2) is 0 Å². The summed E-state index contributed by atoms with van der Waals surface area (Å²) in [7, 11) is 0. The van der Waals surface area contributed by atoms with Gasteiger partial charge in [0.2, 0.25) is 0 Å². The average molecular weight is 245 g/mol. The van der Waals surface area contributed by atoms with Crippen molar-refractivity contribution in [1.82, 2.24) is 4.90 Å². The zero-order chi connectivity index (χ0) is 12.5. The Bertz CT molecular complexity index is 180. The van der Waals surface area contributed by atoms with Crippen molar-refractivity contribution >= 4 is 0 Å². The van der Waals surface area contributed by atoms with Crippen LogP contribution in [0.4, 0.5) is 0 Å². The van der Waals surface area contributed by atoms with Gasteiger partial charge in [-0.1, -0.05) is 12.8 Å². The number of likely N-dealkylation sites (tertiary alicyclic amines) is 1. The zero-order valence-electron chi connectivity index (χ0n) is 11.0. The second kappa shape index (κ2) is 8.86. The lowest BCUT2D eigenvalue weighted by atomic mass is 10.1. The van der Waals surface area contributed by atoms with Crippen molar-refractivity contribution in [3.63, 3.8) is 0 Å². The van der Waals surface area contributed by atoms with Gasteiger partial charge in [-0.15, -0.1) is 0 Å². The van der Waals surface area contributed by atoms with Crippen LogP contribution < -0.4 is 0 Å². The van der Waals surface area contributed by atoms with Gasteiger partial charge in [-0.3, -0.25) is 4.90 Å². The minimum atomic E-state index is -0.350. The Morgan fingerprint density at radius 3 is 2.35 bits per heavy atom. The van der Waals surface area contributed by atoms with Crippen LogP contribution in [0, 0.1) is 0 Å². The Morgan fingerprint density at radius 1 is 1.06 bits per heavy atom. The van der Waals surface area contributed by atoms with Crippen molar-refractivity contribution in [3.8, 4) is 0 Å². The largest absolute Gasteiger partial charge is 0.392 e. The van der Waals surface area contributed by atoms with Crippen LogP contribution in [0.15, 0.2) is 0 Å². The number of piperidine rings is 1. The summed E-state index contributed by atoms with van der Waals surface area (Å²) in [4.78, 5) is 2.17. The number of aliphatic hydroxyl groups is 2. The summed E-state index contributed by atoms with van der Waals surface area (Å²) in [6.45, 7) is 6.13. The van der Waals surface area contributed by atoms with Gasteiger partial charge in [0.1, 0.15) is 0 Å². The van der Waals surface area contributed by atoms with E-state index in [4.69, 9.17) is 4.74 Å². The maximum atomic E-state index is 9.53. The monoisotopic (exact) mass is 245 g/mol. The van der Waals surface area contributed by atoms with E-state index in [-0.39, 0.29) is 12.2 Å². The molecule has 0 bridgehead atoms. The van der Waals surface area contributed by atoms with Crippen LogP contribution in [0.25, 0.3) is 0 Å². The summed E-state index contributed by atoms with van der Waals surface area (Å²) < 4.78 is 5.28. The van der Waals surface area contributed by atoms with Gasteiger partial charge in [0.15, 0.2) is 0 Å². The molecule has 17 heavy (non-hydrogen) atoms. The first-order valence-corrected chi connectivity index (χ1v) is 6.88. The standard InChI is InChI=1S/C13H27NO3/c1-2-17-8-6-4-3-5-7-14-10-12(15)9-13(16)11-14/h12-13,15-16H,2-11H2,1H3/t12-,13-/m1/s1. The number of nitrogens with zero attached hydrogens (tertiary/aromatic N) is 1. The molecule has 1 fully saturated rings. The van der Waals surface area contributed by atoms with Crippen LogP contribution in [0.1, 0.15) is 39.0 Å². The molecule has 0 aromatic carbocycles. The van der Waals surface area contributed by atoms with Gasteiger partial charge < -0.3 is 14.9 Å². The number of hydrogen-bond acceptors (Lipinski definition) is 4. The van der Waals surface area contributed by atoms with E-state index in [1.54, 1.807) is 0 Å². The molecule has 0 aromatic rings. The van der Waals surface area contributed by atoms with Gasteiger partial charge in [0, 0.05) is 32.7 Å². The van der Waals surface area contributed by atoms with Crippen molar-refractivity contribution in [2.75, 3.05) is 32.8 Å². The first-order chi connectivity index (χ1) is 8.22. The highest BCUT2D eigenvalue weighted by Crippen LogP contribution is 2.12. The SMILES string of the molecule is CCOCCCCCCN1C[C@H](O)C[C@@H](O)C1. The Kier molecular flexibility index (Phi) is 7.77. The summed E-state index contributed by atoms with van der Waals surface area (Å²) >= 11 is 0. The molecule has 4 heteroatoms. The lowest BCUT2D eigenvalue weighted by molar-refractivity contribution is -0.00841. The van der Waals surface area contributed by atoms with Crippen molar-refractivity contribution < 1.29 is 14.9 Å². The van der Waals surface area contributed by atoms with Crippen molar-refractivity contribution in [2.45, 2.75) is 51.2 Å². The summed E-state index contributed by atoms with van der Waals surface area (Å²) in [5.74, 6) is 0. The molecule has 4 nitrogen and oxygen atoms in total. The molecule has 0 aromatic heterocycles. The van der Waals surface area contributed by atoms with Crippen LogP contribution >= 0.6 is 0 Å². The summed E-state index contributed by atoms with van der Waals surface area (Å²) in [5.41, 5.74) is 0. The number of unbranched alkanes of at least 4 members (excludes halogenated alkanes) is 3. The third-order valence-electron chi connectivity index (χ3n) is 3.20. The normalized spacial score (nSPS) is 26.3. The fraction of sp³-hybridized carbons (Fsp3) is 1.00. The van der Waals surface area contributed by atoms with E-state index in [9.17, 15) is 10.2 Å². The topological polar surface area (TPSA) is 52.9 Å². The second-order valence-corrected chi connectivity index (χ2v) is 4.91. The number of rotatable bonds is 8.